The molecule has 1 aliphatic heterocycles. The maximum Gasteiger partial charge on any atom is 0.119 e. The first-order valence-electron chi connectivity index (χ1n) is 7.02. The summed E-state index contributed by atoms with van der Waals surface area (Å²) in [6, 6.07) is 9.12. The predicted octanol–water partition coefficient (Wildman–Crippen LogP) is 2.57. The Morgan fingerprint density at radius 1 is 1.33 bits per heavy atom. The van der Waals surface area contributed by atoms with Crippen LogP contribution in [-0.2, 0) is 0 Å². The van der Waals surface area contributed by atoms with E-state index in [0.29, 0.717) is 6.04 Å². The van der Waals surface area contributed by atoms with Gasteiger partial charge in [-0.15, -0.1) is 0 Å². The number of likely N-dealkylation sites (tertiary alicyclic amines) is 1. The minimum Gasteiger partial charge on any atom is -0.494 e. The number of hydrogen-bond acceptors (Lipinski definition) is 3. The van der Waals surface area contributed by atoms with Gasteiger partial charge in [-0.05, 0) is 43.5 Å². The number of nitrogens with zero attached hydrogens (tertiary/aromatic N) is 1. The van der Waals surface area contributed by atoms with E-state index in [1.807, 2.05) is 0 Å². The average Bonchev–Trinajstić information content (AvgIpc) is 2.86. The molecular weight excluding hydrogens is 224 g/mol. The Labute approximate surface area is 110 Å². The first-order valence-corrected chi connectivity index (χ1v) is 7.02. The molecule has 0 aliphatic carbocycles. The lowest BCUT2D eigenvalue weighted by Gasteiger charge is -2.24. The fourth-order valence-electron chi connectivity index (χ4n) is 2.64. The summed E-state index contributed by atoms with van der Waals surface area (Å²) in [7, 11) is 0. The molecule has 18 heavy (non-hydrogen) atoms. The minimum atomic E-state index is 0.550. The standard InChI is InChI=1S/C15H24N2O/c1-2-12-18-14-7-5-13(6-8-14)15-4-3-10-17(15)11-9-16/h5-8,15H,2-4,9-12,16H2,1H3. The first-order chi connectivity index (χ1) is 8.85. The number of benzene rings is 1. The van der Waals surface area contributed by atoms with Crippen molar-refractivity contribution in [2.75, 3.05) is 26.2 Å². The third-order valence-electron chi connectivity index (χ3n) is 3.52. The zero-order valence-electron chi connectivity index (χ0n) is 11.3. The Morgan fingerprint density at radius 2 is 2.11 bits per heavy atom. The van der Waals surface area contributed by atoms with Crippen LogP contribution in [0.2, 0.25) is 0 Å². The lowest BCUT2D eigenvalue weighted by Crippen LogP contribution is -2.29. The van der Waals surface area contributed by atoms with E-state index in [4.69, 9.17) is 10.5 Å². The molecule has 0 spiro atoms. The van der Waals surface area contributed by atoms with Gasteiger partial charge < -0.3 is 10.5 Å². The zero-order chi connectivity index (χ0) is 12.8. The smallest absolute Gasteiger partial charge is 0.119 e. The highest BCUT2D eigenvalue weighted by atomic mass is 16.5. The summed E-state index contributed by atoms with van der Waals surface area (Å²) in [4.78, 5) is 2.49. The van der Waals surface area contributed by atoms with Crippen molar-refractivity contribution in [1.82, 2.24) is 4.90 Å². The lowest BCUT2D eigenvalue weighted by atomic mass is 10.0. The van der Waals surface area contributed by atoms with Crippen LogP contribution in [0, 0.1) is 0 Å². The van der Waals surface area contributed by atoms with Gasteiger partial charge in [0.1, 0.15) is 5.75 Å². The van der Waals surface area contributed by atoms with Crippen molar-refractivity contribution in [1.29, 1.82) is 0 Å². The molecule has 1 fully saturated rings. The minimum absolute atomic E-state index is 0.550. The molecule has 3 heteroatoms. The third kappa shape index (κ3) is 3.24. The number of rotatable bonds is 6. The zero-order valence-corrected chi connectivity index (χ0v) is 11.3. The second kappa shape index (κ2) is 6.76. The fourth-order valence-corrected chi connectivity index (χ4v) is 2.64. The summed E-state index contributed by atoms with van der Waals surface area (Å²) in [6.07, 6.45) is 3.57. The maximum absolute atomic E-state index is 5.67. The van der Waals surface area contributed by atoms with Crippen LogP contribution in [0.1, 0.15) is 37.8 Å². The van der Waals surface area contributed by atoms with E-state index in [0.717, 1.165) is 31.9 Å². The van der Waals surface area contributed by atoms with Crippen molar-refractivity contribution >= 4 is 0 Å². The van der Waals surface area contributed by atoms with Crippen LogP contribution in [0.5, 0.6) is 5.75 Å². The Morgan fingerprint density at radius 3 is 2.78 bits per heavy atom. The second-order valence-electron chi connectivity index (χ2n) is 4.90. The summed E-state index contributed by atoms with van der Waals surface area (Å²) < 4.78 is 5.61. The van der Waals surface area contributed by atoms with E-state index in [9.17, 15) is 0 Å². The summed E-state index contributed by atoms with van der Waals surface area (Å²) >= 11 is 0. The van der Waals surface area contributed by atoms with E-state index in [2.05, 4.69) is 36.1 Å². The quantitative estimate of drug-likeness (QED) is 0.841. The van der Waals surface area contributed by atoms with Gasteiger partial charge in [0.15, 0.2) is 0 Å². The van der Waals surface area contributed by atoms with Crippen molar-refractivity contribution in [2.45, 2.75) is 32.2 Å². The van der Waals surface area contributed by atoms with Gasteiger partial charge in [0, 0.05) is 19.1 Å². The fraction of sp³-hybridized carbons (Fsp3) is 0.600. The van der Waals surface area contributed by atoms with Gasteiger partial charge in [-0.3, -0.25) is 4.90 Å². The van der Waals surface area contributed by atoms with Crippen molar-refractivity contribution in [3.05, 3.63) is 29.8 Å². The molecule has 1 saturated heterocycles. The van der Waals surface area contributed by atoms with Crippen LogP contribution in [0.3, 0.4) is 0 Å². The van der Waals surface area contributed by atoms with Crippen LogP contribution < -0.4 is 10.5 Å². The summed E-state index contributed by atoms with van der Waals surface area (Å²) in [5.41, 5.74) is 7.06. The number of hydrogen-bond donors (Lipinski definition) is 1. The van der Waals surface area contributed by atoms with Crippen LogP contribution in [0.25, 0.3) is 0 Å². The van der Waals surface area contributed by atoms with E-state index < -0.39 is 0 Å². The van der Waals surface area contributed by atoms with Crippen molar-refractivity contribution in [2.24, 2.45) is 5.73 Å². The molecule has 0 radical (unpaired) electrons. The topological polar surface area (TPSA) is 38.5 Å². The first kappa shape index (κ1) is 13.4. The van der Waals surface area contributed by atoms with Gasteiger partial charge in [-0.1, -0.05) is 19.1 Å². The molecule has 1 aliphatic rings. The monoisotopic (exact) mass is 248 g/mol. The lowest BCUT2D eigenvalue weighted by molar-refractivity contribution is 0.264. The molecule has 1 unspecified atom stereocenters. The molecule has 3 nitrogen and oxygen atoms in total. The molecule has 1 aromatic carbocycles. The molecule has 0 bridgehead atoms. The van der Waals surface area contributed by atoms with Crippen LogP contribution >= 0.6 is 0 Å². The van der Waals surface area contributed by atoms with Gasteiger partial charge in [0.25, 0.3) is 0 Å². The number of nitrogens with two attached hydrogens (primary N) is 1. The molecule has 0 aromatic heterocycles. The molecule has 0 amide bonds. The third-order valence-corrected chi connectivity index (χ3v) is 3.52. The van der Waals surface area contributed by atoms with E-state index in [1.54, 1.807) is 0 Å². The highest BCUT2D eigenvalue weighted by Crippen LogP contribution is 2.32. The van der Waals surface area contributed by atoms with Crippen molar-refractivity contribution in [3.8, 4) is 5.75 Å². The molecule has 2 N–H and O–H groups in total. The predicted molar refractivity (Wildman–Crippen MR) is 74.8 cm³/mol. The normalized spacial score (nSPS) is 20.2. The Kier molecular flexibility index (Phi) is 5.02. The summed E-state index contributed by atoms with van der Waals surface area (Å²) in [5.74, 6) is 0.976. The maximum atomic E-state index is 5.67. The van der Waals surface area contributed by atoms with Gasteiger partial charge >= 0.3 is 0 Å². The largest absolute Gasteiger partial charge is 0.494 e. The van der Waals surface area contributed by atoms with E-state index in [-0.39, 0.29) is 0 Å². The van der Waals surface area contributed by atoms with Crippen molar-refractivity contribution in [3.63, 3.8) is 0 Å². The van der Waals surface area contributed by atoms with Gasteiger partial charge in [-0.25, -0.2) is 0 Å². The van der Waals surface area contributed by atoms with E-state index in [1.165, 1.54) is 24.9 Å². The van der Waals surface area contributed by atoms with Gasteiger partial charge in [0.2, 0.25) is 0 Å². The molecule has 1 atom stereocenters. The van der Waals surface area contributed by atoms with Crippen LogP contribution in [-0.4, -0.2) is 31.1 Å². The Hall–Kier alpha value is -1.06. The average molecular weight is 248 g/mol. The van der Waals surface area contributed by atoms with Crippen molar-refractivity contribution < 1.29 is 4.74 Å². The highest BCUT2D eigenvalue weighted by Gasteiger charge is 2.24. The molecule has 100 valence electrons. The highest BCUT2D eigenvalue weighted by molar-refractivity contribution is 5.29. The van der Waals surface area contributed by atoms with Gasteiger partial charge in [0.05, 0.1) is 6.61 Å². The molecule has 1 heterocycles. The number of ether oxygens (including phenoxy) is 1. The molecule has 2 rings (SSSR count). The van der Waals surface area contributed by atoms with Crippen LogP contribution in [0.4, 0.5) is 0 Å². The second-order valence-corrected chi connectivity index (χ2v) is 4.90. The Bertz CT molecular complexity index is 350. The van der Waals surface area contributed by atoms with E-state index >= 15 is 0 Å². The van der Waals surface area contributed by atoms with Crippen LogP contribution in [0.15, 0.2) is 24.3 Å². The SMILES string of the molecule is CCCOc1ccc(C2CCCN2CCN)cc1. The summed E-state index contributed by atoms with van der Waals surface area (Å²) in [5, 5.41) is 0. The molecule has 1 aromatic rings. The molecular formula is C15H24N2O. The Balaban J connectivity index is 1.99. The summed E-state index contributed by atoms with van der Waals surface area (Å²) in [6.45, 7) is 5.84. The van der Waals surface area contributed by atoms with Gasteiger partial charge in [-0.2, -0.15) is 0 Å². The molecule has 0 saturated carbocycles.